The van der Waals surface area contributed by atoms with Crippen LogP contribution in [0.4, 0.5) is 14.5 Å². The van der Waals surface area contributed by atoms with Gasteiger partial charge < -0.3 is 21.3 Å². The predicted molar refractivity (Wildman–Crippen MR) is 84.6 cm³/mol. The molecule has 1 heterocycles. The standard InChI is InChI=1S/C14H16F2N4O3.ClH/c15-8-2-1-3-9(16)13(8)20-5-4-10(14(20)23)19-12(22)7-18-11(21)6-17;/h1-3,10H,4-7,17H2,(H,18,21)(H,19,22);1H. The van der Waals surface area contributed by atoms with Gasteiger partial charge in [0.25, 0.3) is 0 Å². The summed E-state index contributed by atoms with van der Waals surface area (Å²) in [6.07, 6.45) is 0.211. The number of amides is 3. The van der Waals surface area contributed by atoms with Crippen molar-refractivity contribution in [1.29, 1.82) is 0 Å². The highest BCUT2D eigenvalue weighted by molar-refractivity contribution is 6.01. The molecule has 1 fully saturated rings. The summed E-state index contributed by atoms with van der Waals surface area (Å²) in [5, 5.41) is 4.68. The van der Waals surface area contributed by atoms with E-state index in [0.29, 0.717) is 0 Å². The lowest BCUT2D eigenvalue weighted by Crippen LogP contribution is -2.46. The number of nitrogens with zero attached hydrogens (tertiary/aromatic N) is 1. The monoisotopic (exact) mass is 362 g/mol. The summed E-state index contributed by atoms with van der Waals surface area (Å²) in [5.41, 5.74) is 4.65. The zero-order valence-electron chi connectivity index (χ0n) is 12.6. The molecule has 7 nitrogen and oxygen atoms in total. The van der Waals surface area contributed by atoms with Gasteiger partial charge in [-0.25, -0.2) is 8.78 Å². The molecule has 0 saturated carbocycles. The molecule has 24 heavy (non-hydrogen) atoms. The summed E-state index contributed by atoms with van der Waals surface area (Å²) in [6.45, 7) is -0.499. The lowest BCUT2D eigenvalue weighted by Gasteiger charge is -2.18. The van der Waals surface area contributed by atoms with Gasteiger partial charge in [-0.2, -0.15) is 0 Å². The van der Waals surface area contributed by atoms with Crippen LogP contribution in [0.2, 0.25) is 0 Å². The molecule has 1 aliphatic heterocycles. The first kappa shape index (κ1) is 19.8. The van der Waals surface area contributed by atoms with Gasteiger partial charge in [0.2, 0.25) is 17.7 Å². The Morgan fingerprint density at radius 2 is 1.88 bits per heavy atom. The summed E-state index contributed by atoms with van der Waals surface area (Å²) >= 11 is 0. The van der Waals surface area contributed by atoms with Crippen LogP contribution in [0.25, 0.3) is 0 Å². The molecule has 1 saturated heterocycles. The molecule has 0 radical (unpaired) electrons. The van der Waals surface area contributed by atoms with E-state index in [1.807, 2.05) is 0 Å². The van der Waals surface area contributed by atoms with Gasteiger partial charge in [-0.1, -0.05) is 6.07 Å². The van der Waals surface area contributed by atoms with Crippen LogP contribution >= 0.6 is 12.4 Å². The fourth-order valence-corrected chi connectivity index (χ4v) is 2.28. The Labute approximate surface area is 143 Å². The number of nitrogens with two attached hydrogens (primary N) is 1. The third-order valence-corrected chi connectivity index (χ3v) is 3.38. The van der Waals surface area contributed by atoms with E-state index in [1.165, 1.54) is 6.07 Å². The second-order valence-electron chi connectivity index (χ2n) is 4.95. The smallest absolute Gasteiger partial charge is 0.249 e. The van der Waals surface area contributed by atoms with Gasteiger partial charge in [-0.3, -0.25) is 14.4 Å². The van der Waals surface area contributed by atoms with E-state index in [1.54, 1.807) is 0 Å². The maximum Gasteiger partial charge on any atom is 0.249 e. The van der Waals surface area contributed by atoms with Gasteiger partial charge in [0.15, 0.2) is 0 Å². The second-order valence-corrected chi connectivity index (χ2v) is 4.95. The Balaban J connectivity index is 0.00000288. The van der Waals surface area contributed by atoms with Gasteiger partial charge in [0.1, 0.15) is 23.4 Å². The number of carbonyl (C=O) groups excluding carboxylic acids is 3. The minimum absolute atomic E-state index is 0. The number of carbonyl (C=O) groups is 3. The van der Waals surface area contributed by atoms with E-state index >= 15 is 0 Å². The molecule has 1 unspecified atom stereocenters. The summed E-state index contributed by atoms with van der Waals surface area (Å²) in [6, 6.07) is 2.42. The first-order chi connectivity index (χ1) is 10.9. The van der Waals surface area contributed by atoms with Crippen molar-refractivity contribution in [3.63, 3.8) is 0 Å². The highest BCUT2D eigenvalue weighted by Crippen LogP contribution is 2.27. The molecule has 0 aromatic heterocycles. The van der Waals surface area contributed by atoms with Crippen LogP contribution in [0, 0.1) is 11.6 Å². The van der Waals surface area contributed by atoms with Crippen molar-refractivity contribution in [2.45, 2.75) is 12.5 Å². The Morgan fingerprint density at radius 3 is 2.46 bits per heavy atom. The normalized spacial score (nSPS) is 16.5. The number of hydrogen-bond acceptors (Lipinski definition) is 4. The van der Waals surface area contributed by atoms with Gasteiger partial charge in [-0.15, -0.1) is 12.4 Å². The van der Waals surface area contributed by atoms with E-state index in [2.05, 4.69) is 10.6 Å². The van der Waals surface area contributed by atoms with E-state index in [-0.39, 0.29) is 38.5 Å². The van der Waals surface area contributed by atoms with Crippen molar-refractivity contribution >= 4 is 35.8 Å². The Hall–Kier alpha value is -2.26. The van der Waals surface area contributed by atoms with Crippen molar-refractivity contribution in [3.05, 3.63) is 29.8 Å². The van der Waals surface area contributed by atoms with E-state index in [4.69, 9.17) is 5.73 Å². The molecule has 0 spiro atoms. The second kappa shape index (κ2) is 8.55. The number of para-hydroxylation sites is 1. The maximum atomic E-state index is 13.7. The van der Waals surface area contributed by atoms with Crippen molar-refractivity contribution in [2.24, 2.45) is 5.73 Å². The van der Waals surface area contributed by atoms with Crippen molar-refractivity contribution < 1.29 is 23.2 Å². The van der Waals surface area contributed by atoms with Crippen molar-refractivity contribution in [2.75, 3.05) is 24.5 Å². The van der Waals surface area contributed by atoms with Crippen molar-refractivity contribution in [1.82, 2.24) is 10.6 Å². The predicted octanol–water partition coefficient (Wildman–Crippen LogP) is -0.317. The summed E-state index contributed by atoms with van der Waals surface area (Å²) in [4.78, 5) is 35.8. The molecule has 2 rings (SSSR count). The quantitative estimate of drug-likeness (QED) is 0.668. The fourth-order valence-electron chi connectivity index (χ4n) is 2.28. The minimum atomic E-state index is -0.892. The van der Waals surface area contributed by atoms with Crippen LogP contribution < -0.4 is 21.3 Å². The van der Waals surface area contributed by atoms with Gasteiger partial charge in [0.05, 0.1) is 13.1 Å². The highest BCUT2D eigenvalue weighted by Gasteiger charge is 2.36. The van der Waals surface area contributed by atoms with Crippen LogP contribution in [0.3, 0.4) is 0 Å². The first-order valence-electron chi connectivity index (χ1n) is 6.95. The third kappa shape index (κ3) is 4.39. The van der Waals surface area contributed by atoms with Crippen LogP contribution in [0.5, 0.6) is 0 Å². The fraction of sp³-hybridized carbons (Fsp3) is 0.357. The molecule has 132 valence electrons. The van der Waals surface area contributed by atoms with E-state index in [9.17, 15) is 23.2 Å². The molecule has 1 atom stereocenters. The molecule has 10 heteroatoms. The number of benzene rings is 1. The third-order valence-electron chi connectivity index (χ3n) is 3.38. The number of anilines is 1. The summed E-state index contributed by atoms with van der Waals surface area (Å²) in [5.74, 6) is -3.39. The molecule has 1 aromatic carbocycles. The summed E-state index contributed by atoms with van der Waals surface area (Å²) in [7, 11) is 0. The summed E-state index contributed by atoms with van der Waals surface area (Å²) < 4.78 is 27.5. The first-order valence-corrected chi connectivity index (χ1v) is 6.95. The Bertz CT molecular complexity index is 624. The van der Waals surface area contributed by atoms with Gasteiger partial charge >= 0.3 is 0 Å². The molecule has 0 bridgehead atoms. The molecule has 1 aliphatic rings. The largest absolute Gasteiger partial charge is 0.346 e. The lowest BCUT2D eigenvalue weighted by atomic mass is 10.2. The SMILES string of the molecule is Cl.NCC(=O)NCC(=O)NC1CCN(c2c(F)cccc2F)C1=O. The maximum absolute atomic E-state index is 13.7. The molecular weight excluding hydrogens is 346 g/mol. The number of hydrogen-bond donors (Lipinski definition) is 3. The average molecular weight is 363 g/mol. The van der Waals surface area contributed by atoms with Crippen molar-refractivity contribution in [3.8, 4) is 0 Å². The zero-order chi connectivity index (χ0) is 17.0. The highest BCUT2D eigenvalue weighted by atomic mass is 35.5. The van der Waals surface area contributed by atoms with Crippen LogP contribution in [-0.2, 0) is 14.4 Å². The number of halogens is 3. The molecule has 4 N–H and O–H groups in total. The Morgan fingerprint density at radius 1 is 1.25 bits per heavy atom. The van der Waals surface area contributed by atoms with Crippen LogP contribution in [0.1, 0.15) is 6.42 Å². The number of nitrogens with one attached hydrogen (secondary N) is 2. The average Bonchev–Trinajstić information content (AvgIpc) is 2.86. The lowest BCUT2D eigenvalue weighted by molar-refractivity contribution is -0.127. The van der Waals surface area contributed by atoms with Crippen LogP contribution in [-0.4, -0.2) is 43.4 Å². The molecule has 3 amide bonds. The van der Waals surface area contributed by atoms with E-state index < -0.39 is 41.1 Å². The topological polar surface area (TPSA) is 105 Å². The zero-order valence-corrected chi connectivity index (χ0v) is 13.4. The number of rotatable bonds is 5. The Kier molecular flexibility index (Phi) is 7.05. The molecule has 1 aromatic rings. The van der Waals surface area contributed by atoms with Gasteiger partial charge in [0, 0.05) is 6.54 Å². The van der Waals surface area contributed by atoms with Gasteiger partial charge in [-0.05, 0) is 18.6 Å². The minimum Gasteiger partial charge on any atom is -0.346 e. The van der Waals surface area contributed by atoms with Crippen LogP contribution in [0.15, 0.2) is 18.2 Å². The molecule has 0 aliphatic carbocycles. The molecular formula is C14H17ClF2N4O3. The van der Waals surface area contributed by atoms with E-state index in [0.717, 1.165) is 17.0 Å².